The molecule has 21 heavy (non-hydrogen) atoms. The summed E-state index contributed by atoms with van der Waals surface area (Å²) in [6.07, 6.45) is 1.53. The standard InChI is InChI=1S/C16H18FNO3/c17-14-3-4-15(13(10-14)2-1-9-19)16(21)18-7-5-12(11-20)6-8-18/h3-4,10,12,19-20H,5-9,11H2. The summed E-state index contributed by atoms with van der Waals surface area (Å²) in [5.74, 6) is 4.65. The molecule has 1 heterocycles. The summed E-state index contributed by atoms with van der Waals surface area (Å²) in [5.41, 5.74) is 0.637. The minimum atomic E-state index is -0.465. The van der Waals surface area contributed by atoms with Gasteiger partial charge in [-0.2, -0.15) is 0 Å². The SMILES string of the molecule is O=C(c1ccc(F)cc1C#CCO)N1CCC(CO)CC1. The van der Waals surface area contributed by atoms with Gasteiger partial charge in [0.1, 0.15) is 12.4 Å². The lowest BCUT2D eigenvalue weighted by molar-refractivity contribution is 0.0650. The predicted octanol–water partition coefficient (Wildman–Crippen LogP) is 1.01. The van der Waals surface area contributed by atoms with Gasteiger partial charge in [-0.05, 0) is 37.0 Å². The Balaban J connectivity index is 2.19. The third-order valence-electron chi connectivity index (χ3n) is 3.67. The molecule has 0 spiro atoms. The largest absolute Gasteiger partial charge is 0.396 e. The second kappa shape index (κ2) is 7.21. The Morgan fingerprint density at radius 3 is 2.67 bits per heavy atom. The molecule has 1 fully saturated rings. The third kappa shape index (κ3) is 3.81. The molecule has 1 aromatic carbocycles. The van der Waals surface area contributed by atoms with Gasteiger partial charge in [-0.1, -0.05) is 11.8 Å². The Bertz CT molecular complexity index is 569. The number of carbonyl (C=O) groups excluding carboxylic acids is 1. The second-order valence-corrected chi connectivity index (χ2v) is 5.07. The molecular formula is C16H18FNO3. The Hall–Kier alpha value is -1.90. The van der Waals surface area contributed by atoms with Crippen molar-refractivity contribution < 1.29 is 19.4 Å². The first-order chi connectivity index (χ1) is 10.2. The van der Waals surface area contributed by atoms with Crippen LogP contribution in [-0.4, -0.2) is 47.3 Å². The van der Waals surface area contributed by atoms with Gasteiger partial charge in [0.15, 0.2) is 0 Å². The first-order valence-corrected chi connectivity index (χ1v) is 6.95. The van der Waals surface area contributed by atoms with Crippen LogP contribution in [0, 0.1) is 23.6 Å². The van der Waals surface area contributed by atoms with E-state index < -0.39 is 5.82 Å². The molecule has 2 N–H and O–H groups in total. The van der Waals surface area contributed by atoms with Crippen molar-refractivity contribution in [3.05, 3.63) is 35.1 Å². The van der Waals surface area contributed by atoms with Crippen molar-refractivity contribution in [2.45, 2.75) is 12.8 Å². The molecule has 2 rings (SSSR count). The van der Waals surface area contributed by atoms with E-state index in [2.05, 4.69) is 11.8 Å². The Labute approximate surface area is 123 Å². The molecule has 0 aliphatic carbocycles. The molecule has 5 heteroatoms. The summed E-state index contributed by atoms with van der Waals surface area (Å²) < 4.78 is 13.3. The number of amides is 1. The van der Waals surface area contributed by atoms with Gasteiger partial charge in [-0.25, -0.2) is 4.39 Å². The van der Waals surface area contributed by atoms with Crippen LogP contribution in [0.15, 0.2) is 18.2 Å². The average molecular weight is 291 g/mol. The van der Waals surface area contributed by atoms with Crippen LogP contribution in [0.3, 0.4) is 0 Å². The number of rotatable bonds is 2. The predicted molar refractivity (Wildman–Crippen MR) is 76.1 cm³/mol. The molecule has 4 nitrogen and oxygen atoms in total. The minimum absolute atomic E-state index is 0.145. The van der Waals surface area contributed by atoms with Gasteiger partial charge in [-0.3, -0.25) is 4.79 Å². The van der Waals surface area contributed by atoms with Crippen LogP contribution < -0.4 is 0 Å². The van der Waals surface area contributed by atoms with Crippen molar-refractivity contribution in [3.8, 4) is 11.8 Å². The van der Waals surface area contributed by atoms with Crippen molar-refractivity contribution >= 4 is 5.91 Å². The molecule has 0 bridgehead atoms. The maximum atomic E-state index is 13.3. The van der Waals surface area contributed by atoms with Crippen molar-refractivity contribution in [2.24, 2.45) is 5.92 Å². The minimum Gasteiger partial charge on any atom is -0.396 e. The van der Waals surface area contributed by atoms with E-state index in [-0.39, 0.29) is 25.0 Å². The van der Waals surface area contributed by atoms with Gasteiger partial charge in [0.05, 0.1) is 5.56 Å². The lowest BCUT2D eigenvalue weighted by Crippen LogP contribution is -2.39. The number of nitrogens with zero attached hydrogens (tertiary/aromatic N) is 1. The molecule has 0 aromatic heterocycles. The quantitative estimate of drug-likeness (QED) is 0.800. The number of carbonyl (C=O) groups is 1. The molecule has 0 saturated carbocycles. The third-order valence-corrected chi connectivity index (χ3v) is 3.67. The molecule has 1 amide bonds. The Kier molecular flexibility index (Phi) is 5.32. The van der Waals surface area contributed by atoms with E-state index in [1.54, 1.807) is 4.90 Å². The van der Waals surface area contributed by atoms with Crippen LogP contribution in [0.25, 0.3) is 0 Å². The summed E-state index contributed by atoms with van der Waals surface area (Å²) >= 11 is 0. The number of piperidine rings is 1. The van der Waals surface area contributed by atoms with Gasteiger partial charge in [0, 0.05) is 25.3 Å². The van der Waals surface area contributed by atoms with Gasteiger partial charge in [0.2, 0.25) is 0 Å². The van der Waals surface area contributed by atoms with Gasteiger partial charge < -0.3 is 15.1 Å². The van der Waals surface area contributed by atoms with E-state index in [1.165, 1.54) is 18.2 Å². The Morgan fingerprint density at radius 1 is 1.33 bits per heavy atom. The fourth-order valence-electron chi connectivity index (χ4n) is 2.43. The average Bonchev–Trinajstić information content (AvgIpc) is 2.52. The van der Waals surface area contributed by atoms with Gasteiger partial charge in [0.25, 0.3) is 5.91 Å². The summed E-state index contributed by atoms with van der Waals surface area (Å²) in [7, 11) is 0. The zero-order valence-electron chi connectivity index (χ0n) is 11.7. The fourth-order valence-corrected chi connectivity index (χ4v) is 2.43. The van der Waals surface area contributed by atoms with E-state index >= 15 is 0 Å². The molecule has 1 aliphatic rings. The second-order valence-electron chi connectivity index (χ2n) is 5.07. The van der Waals surface area contributed by atoms with Crippen LogP contribution >= 0.6 is 0 Å². The van der Waals surface area contributed by atoms with E-state index in [0.29, 0.717) is 24.2 Å². The molecule has 1 aromatic rings. The van der Waals surface area contributed by atoms with Crippen LogP contribution in [0.5, 0.6) is 0 Å². The van der Waals surface area contributed by atoms with Crippen molar-refractivity contribution in [2.75, 3.05) is 26.3 Å². The van der Waals surface area contributed by atoms with E-state index in [4.69, 9.17) is 10.2 Å². The van der Waals surface area contributed by atoms with Crippen molar-refractivity contribution in [1.29, 1.82) is 0 Å². The first-order valence-electron chi connectivity index (χ1n) is 6.95. The maximum Gasteiger partial charge on any atom is 0.255 e. The van der Waals surface area contributed by atoms with E-state index in [1.807, 2.05) is 0 Å². The highest BCUT2D eigenvalue weighted by molar-refractivity contribution is 5.96. The molecule has 0 unspecified atom stereocenters. The number of hydrogen-bond donors (Lipinski definition) is 2. The zero-order chi connectivity index (χ0) is 15.2. The summed E-state index contributed by atoms with van der Waals surface area (Å²) in [6, 6.07) is 3.87. The molecule has 1 saturated heterocycles. The first kappa shape index (κ1) is 15.5. The summed E-state index contributed by atoms with van der Waals surface area (Å²) in [4.78, 5) is 14.2. The highest BCUT2D eigenvalue weighted by atomic mass is 19.1. The van der Waals surface area contributed by atoms with Gasteiger partial charge in [-0.15, -0.1) is 0 Å². The van der Waals surface area contributed by atoms with E-state index in [9.17, 15) is 9.18 Å². The molecule has 0 radical (unpaired) electrons. The number of halogens is 1. The lowest BCUT2D eigenvalue weighted by atomic mass is 9.96. The maximum absolute atomic E-state index is 13.3. The molecule has 1 aliphatic heterocycles. The van der Waals surface area contributed by atoms with Crippen molar-refractivity contribution in [1.82, 2.24) is 4.90 Å². The van der Waals surface area contributed by atoms with Crippen LogP contribution in [0.1, 0.15) is 28.8 Å². The Morgan fingerprint density at radius 2 is 2.05 bits per heavy atom. The van der Waals surface area contributed by atoms with Gasteiger partial charge >= 0.3 is 0 Å². The van der Waals surface area contributed by atoms with Crippen LogP contribution in [0.4, 0.5) is 4.39 Å². The monoisotopic (exact) mass is 291 g/mol. The van der Waals surface area contributed by atoms with Crippen molar-refractivity contribution in [3.63, 3.8) is 0 Å². The highest BCUT2D eigenvalue weighted by Crippen LogP contribution is 2.20. The topological polar surface area (TPSA) is 60.8 Å². The molecular weight excluding hydrogens is 273 g/mol. The lowest BCUT2D eigenvalue weighted by Gasteiger charge is -2.31. The summed E-state index contributed by atoms with van der Waals surface area (Å²) in [6.45, 7) is 0.959. The number of aliphatic hydroxyl groups is 2. The highest BCUT2D eigenvalue weighted by Gasteiger charge is 2.24. The van der Waals surface area contributed by atoms with E-state index in [0.717, 1.165) is 12.8 Å². The molecule has 0 atom stereocenters. The normalized spacial score (nSPS) is 15.5. The number of hydrogen-bond acceptors (Lipinski definition) is 3. The number of benzene rings is 1. The van der Waals surface area contributed by atoms with Crippen LogP contribution in [-0.2, 0) is 0 Å². The zero-order valence-corrected chi connectivity index (χ0v) is 11.7. The number of aliphatic hydroxyl groups excluding tert-OH is 2. The fraction of sp³-hybridized carbons (Fsp3) is 0.438. The smallest absolute Gasteiger partial charge is 0.255 e. The number of likely N-dealkylation sites (tertiary alicyclic amines) is 1. The summed E-state index contributed by atoms with van der Waals surface area (Å²) in [5, 5.41) is 17.9. The molecule has 112 valence electrons. The van der Waals surface area contributed by atoms with Crippen LogP contribution in [0.2, 0.25) is 0 Å².